The number of hydrogen-bond acceptors (Lipinski definition) is 1. The quantitative estimate of drug-likeness (QED) is 0.356. The molecule has 0 aliphatic rings. The number of unbranched alkanes of at least 4 members (excludes halogenated alkanes) is 6. The second kappa shape index (κ2) is 16.5. The molecular formula is C16H25BrMgO. The van der Waals surface area contributed by atoms with Crippen LogP contribution in [0.5, 0.6) is 0 Å². The average molecular weight is 338 g/mol. The van der Waals surface area contributed by atoms with Gasteiger partial charge in [-0.25, -0.2) is 0 Å². The first-order valence-corrected chi connectivity index (χ1v) is 6.84. The fourth-order valence-electron chi connectivity index (χ4n) is 1.85. The van der Waals surface area contributed by atoms with Gasteiger partial charge in [-0.3, -0.25) is 0 Å². The van der Waals surface area contributed by atoms with Crippen molar-refractivity contribution in [1.29, 1.82) is 0 Å². The van der Waals surface area contributed by atoms with Crippen molar-refractivity contribution < 1.29 is 21.7 Å². The van der Waals surface area contributed by atoms with Crippen LogP contribution in [0.4, 0.5) is 0 Å². The van der Waals surface area contributed by atoms with E-state index >= 15 is 0 Å². The molecule has 0 aliphatic heterocycles. The summed E-state index contributed by atoms with van der Waals surface area (Å²) in [4.78, 5) is 0. The molecule has 0 heterocycles. The molecule has 104 valence electrons. The molecule has 0 aliphatic carbocycles. The summed E-state index contributed by atoms with van der Waals surface area (Å²) in [6, 6.07) is 10.4. The molecule has 0 radical (unpaired) electrons. The van der Waals surface area contributed by atoms with Crippen molar-refractivity contribution >= 4 is 23.1 Å². The Hall–Kier alpha value is 0.426. The van der Waals surface area contributed by atoms with Gasteiger partial charge in [0.2, 0.25) is 0 Å². The Bertz CT molecular complexity index is 267. The van der Waals surface area contributed by atoms with Crippen LogP contribution in [0.15, 0.2) is 30.3 Å². The van der Waals surface area contributed by atoms with Crippen LogP contribution in [0.1, 0.15) is 50.5 Å². The minimum absolute atomic E-state index is 0. The Kier molecular flexibility index (Phi) is 18.8. The predicted molar refractivity (Wildman–Crippen MR) is 79.5 cm³/mol. The molecule has 0 saturated carbocycles. The Morgan fingerprint density at radius 1 is 0.842 bits per heavy atom. The van der Waals surface area contributed by atoms with Gasteiger partial charge < -0.3 is 28.6 Å². The van der Waals surface area contributed by atoms with E-state index in [9.17, 15) is 0 Å². The topological polar surface area (TPSA) is 9.23 Å². The molecule has 0 fully saturated rings. The number of benzene rings is 1. The summed E-state index contributed by atoms with van der Waals surface area (Å²) in [7, 11) is 0. The molecule has 0 amide bonds. The number of halogens is 1. The van der Waals surface area contributed by atoms with Crippen molar-refractivity contribution in [3.8, 4) is 0 Å². The van der Waals surface area contributed by atoms with Crippen molar-refractivity contribution in [3.05, 3.63) is 42.8 Å². The van der Waals surface area contributed by atoms with Crippen molar-refractivity contribution in [2.45, 2.75) is 51.6 Å². The van der Waals surface area contributed by atoms with Gasteiger partial charge in [-0.2, -0.15) is 6.42 Å². The summed E-state index contributed by atoms with van der Waals surface area (Å²) in [5.74, 6) is 0. The van der Waals surface area contributed by atoms with E-state index in [1.807, 2.05) is 6.07 Å². The minimum atomic E-state index is 0. The molecule has 0 atom stereocenters. The van der Waals surface area contributed by atoms with E-state index in [-0.39, 0.29) is 40.0 Å². The molecule has 1 nitrogen and oxygen atoms in total. The van der Waals surface area contributed by atoms with Gasteiger partial charge in [0.05, 0.1) is 6.61 Å². The molecule has 3 heteroatoms. The van der Waals surface area contributed by atoms with Crippen LogP contribution in [0.3, 0.4) is 0 Å². The largest absolute Gasteiger partial charge is 2.00 e. The van der Waals surface area contributed by atoms with Crippen LogP contribution in [0, 0.1) is 6.92 Å². The molecular weight excluding hydrogens is 312 g/mol. The molecule has 1 rings (SSSR count). The third kappa shape index (κ3) is 13.2. The minimum Gasteiger partial charge on any atom is -1.00 e. The van der Waals surface area contributed by atoms with Gasteiger partial charge in [0.25, 0.3) is 0 Å². The Labute approximate surface area is 145 Å². The first-order chi connectivity index (χ1) is 8.43. The molecule has 0 spiro atoms. The Balaban J connectivity index is 0. The van der Waals surface area contributed by atoms with Crippen molar-refractivity contribution in [2.24, 2.45) is 0 Å². The predicted octanol–water partition coefficient (Wildman–Crippen LogP) is 1.39. The van der Waals surface area contributed by atoms with Gasteiger partial charge in [-0.05, 0) is 12.0 Å². The maximum Gasteiger partial charge on any atom is 2.00 e. The maximum absolute atomic E-state index is 5.64. The molecule has 0 unspecified atom stereocenters. The van der Waals surface area contributed by atoms with Crippen LogP contribution in [-0.2, 0) is 11.3 Å². The normalized spacial score (nSPS) is 9.53. The van der Waals surface area contributed by atoms with E-state index in [1.54, 1.807) is 0 Å². The van der Waals surface area contributed by atoms with Crippen molar-refractivity contribution in [2.75, 3.05) is 6.61 Å². The Morgan fingerprint density at radius 2 is 1.42 bits per heavy atom. The summed E-state index contributed by atoms with van der Waals surface area (Å²) < 4.78 is 5.64. The number of ether oxygens (including phenoxy) is 1. The SMILES string of the molecule is [Br-].[CH2-]CCCCCCCCOCc1ccccc1.[Mg+2]. The van der Waals surface area contributed by atoms with Crippen LogP contribution in [0.25, 0.3) is 0 Å². The summed E-state index contributed by atoms with van der Waals surface area (Å²) in [6.45, 7) is 5.50. The summed E-state index contributed by atoms with van der Waals surface area (Å²) in [5, 5.41) is 0. The van der Waals surface area contributed by atoms with Gasteiger partial charge in [-0.15, -0.1) is 0 Å². The van der Waals surface area contributed by atoms with Gasteiger partial charge in [0.15, 0.2) is 0 Å². The summed E-state index contributed by atoms with van der Waals surface area (Å²) >= 11 is 0. The van der Waals surface area contributed by atoms with Crippen LogP contribution < -0.4 is 17.0 Å². The zero-order valence-electron chi connectivity index (χ0n) is 12.0. The van der Waals surface area contributed by atoms with Crippen molar-refractivity contribution in [1.82, 2.24) is 0 Å². The van der Waals surface area contributed by atoms with E-state index in [0.29, 0.717) is 0 Å². The van der Waals surface area contributed by atoms with E-state index < -0.39 is 0 Å². The zero-order valence-corrected chi connectivity index (χ0v) is 15.0. The smallest absolute Gasteiger partial charge is 1.00 e. The molecule has 1 aromatic rings. The van der Waals surface area contributed by atoms with E-state index in [1.165, 1.54) is 44.1 Å². The monoisotopic (exact) mass is 336 g/mol. The Morgan fingerprint density at radius 3 is 2.05 bits per heavy atom. The van der Waals surface area contributed by atoms with E-state index in [0.717, 1.165) is 19.6 Å². The van der Waals surface area contributed by atoms with Crippen molar-refractivity contribution in [3.63, 3.8) is 0 Å². The van der Waals surface area contributed by atoms with E-state index in [2.05, 4.69) is 31.2 Å². The third-order valence-corrected chi connectivity index (χ3v) is 2.90. The number of hydrogen-bond donors (Lipinski definition) is 0. The van der Waals surface area contributed by atoms with E-state index in [4.69, 9.17) is 4.74 Å². The van der Waals surface area contributed by atoms with Gasteiger partial charge in [0.1, 0.15) is 0 Å². The number of rotatable bonds is 10. The zero-order chi connectivity index (χ0) is 12.2. The third-order valence-electron chi connectivity index (χ3n) is 2.90. The van der Waals surface area contributed by atoms with Gasteiger partial charge >= 0.3 is 23.1 Å². The second-order valence-corrected chi connectivity index (χ2v) is 4.51. The van der Waals surface area contributed by atoms with Crippen LogP contribution in [-0.4, -0.2) is 29.7 Å². The molecule has 1 aromatic carbocycles. The summed E-state index contributed by atoms with van der Waals surface area (Å²) in [6.07, 6.45) is 8.89. The molecule has 0 N–H and O–H groups in total. The first kappa shape index (κ1) is 21.7. The average Bonchev–Trinajstić information content (AvgIpc) is 2.38. The fraction of sp³-hybridized carbons (Fsp3) is 0.562. The van der Waals surface area contributed by atoms with Crippen LogP contribution in [0.2, 0.25) is 0 Å². The van der Waals surface area contributed by atoms with Gasteiger partial charge in [-0.1, -0.05) is 62.4 Å². The fourth-order valence-corrected chi connectivity index (χ4v) is 1.85. The molecule has 0 bridgehead atoms. The second-order valence-electron chi connectivity index (χ2n) is 4.51. The van der Waals surface area contributed by atoms with Crippen LogP contribution >= 0.6 is 0 Å². The van der Waals surface area contributed by atoms with Gasteiger partial charge in [0, 0.05) is 6.61 Å². The molecule has 19 heavy (non-hydrogen) atoms. The standard InChI is InChI=1S/C16H25O.BrH.Mg/c1-2-3-4-5-6-7-11-14-17-15-16-12-9-8-10-13-16;;/h8-10,12-13H,1-7,11,14-15H2;1H;/q-1;;+2/p-1. The summed E-state index contributed by atoms with van der Waals surface area (Å²) in [5.41, 5.74) is 1.27. The molecule has 0 aromatic heterocycles. The molecule has 0 saturated heterocycles. The maximum atomic E-state index is 5.64. The first-order valence-electron chi connectivity index (χ1n) is 6.84.